The van der Waals surface area contributed by atoms with E-state index in [0.29, 0.717) is 0 Å². The zero-order valence-corrected chi connectivity index (χ0v) is 37.1. The third-order valence-electron chi connectivity index (χ3n) is 14.3. The molecule has 0 unspecified atom stereocenters. The molecule has 0 spiro atoms. The van der Waals surface area contributed by atoms with Crippen molar-refractivity contribution >= 4 is 75.9 Å². The Labute approximate surface area is 393 Å². The molecule has 0 fully saturated rings. The molecule has 12 aromatic carbocycles. The van der Waals surface area contributed by atoms with E-state index >= 15 is 0 Å². The summed E-state index contributed by atoms with van der Waals surface area (Å²) in [7, 11) is 0. The molecule has 0 saturated carbocycles. The summed E-state index contributed by atoms with van der Waals surface area (Å²) in [6.07, 6.45) is 0. The fourth-order valence-corrected chi connectivity index (χ4v) is 11.3. The van der Waals surface area contributed by atoms with Crippen LogP contribution >= 0.6 is 0 Å². The largest absolute Gasteiger partial charge is 0.309 e. The number of rotatable bonds is 6. The average Bonchev–Trinajstić information content (AvgIpc) is 3.92. The molecule has 2 heterocycles. The lowest BCUT2D eigenvalue weighted by Gasteiger charge is -2.19. The minimum absolute atomic E-state index is 1.16. The second kappa shape index (κ2) is 15.3. The maximum Gasteiger partial charge on any atom is 0.0541 e. The van der Waals surface area contributed by atoms with Gasteiger partial charge in [-0.05, 0) is 156 Å². The average molecular weight is 863 g/mol. The van der Waals surface area contributed by atoms with Crippen LogP contribution in [0.5, 0.6) is 0 Å². The van der Waals surface area contributed by atoms with E-state index in [0.717, 1.165) is 11.4 Å². The number of para-hydroxylation sites is 4. The van der Waals surface area contributed by atoms with Crippen LogP contribution < -0.4 is 0 Å². The van der Waals surface area contributed by atoms with Crippen LogP contribution in [-0.2, 0) is 0 Å². The number of benzene rings is 12. The molecule has 0 aliphatic heterocycles. The number of fused-ring (bicyclic) bond motifs is 9. The molecule has 0 bridgehead atoms. The molecule has 0 saturated heterocycles. The van der Waals surface area contributed by atoms with Crippen molar-refractivity contribution in [2.24, 2.45) is 0 Å². The van der Waals surface area contributed by atoms with E-state index in [1.54, 1.807) is 0 Å². The first-order valence-corrected chi connectivity index (χ1v) is 23.5. The molecule has 0 amide bonds. The van der Waals surface area contributed by atoms with Gasteiger partial charge in [-0.15, -0.1) is 0 Å². The molecule has 316 valence electrons. The van der Waals surface area contributed by atoms with Gasteiger partial charge in [-0.1, -0.05) is 176 Å². The summed E-state index contributed by atoms with van der Waals surface area (Å²) in [4.78, 5) is 0. The monoisotopic (exact) mass is 862 g/mol. The maximum absolute atomic E-state index is 2.48. The molecule has 0 aliphatic rings. The highest BCUT2D eigenvalue weighted by Crippen LogP contribution is 2.47. The number of hydrogen-bond acceptors (Lipinski definition) is 0. The predicted molar refractivity (Wildman–Crippen MR) is 289 cm³/mol. The first-order chi connectivity index (χ1) is 33.7. The van der Waals surface area contributed by atoms with Crippen LogP contribution in [0.2, 0.25) is 0 Å². The van der Waals surface area contributed by atoms with Gasteiger partial charge in [0, 0.05) is 32.9 Å². The fraction of sp³-hybridized carbons (Fsp3) is 0. The van der Waals surface area contributed by atoms with Crippen molar-refractivity contribution in [3.8, 4) is 55.9 Å². The Bertz CT molecular complexity index is 4080. The summed E-state index contributed by atoms with van der Waals surface area (Å²) >= 11 is 0. The third-order valence-corrected chi connectivity index (χ3v) is 14.3. The SMILES string of the molecule is c1ccc(-c2cc(-c3c4cccc(-c5ccc6c(c5)c5ccccc5n6-c5ccccc5)c4cc4c(-c5ccc6c(c5)c5ccccc5n6-c5ccccc5)cccc34)c3ccccc3c2)cc1. The van der Waals surface area contributed by atoms with Crippen molar-refractivity contribution in [3.63, 3.8) is 0 Å². The molecule has 0 radical (unpaired) electrons. The molecule has 14 aromatic rings. The van der Waals surface area contributed by atoms with Gasteiger partial charge in [0.1, 0.15) is 0 Å². The van der Waals surface area contributed by atoms with Gasteiger partial charge in [0.15, 0.2) is 0 Å². The predicted octanol–water partition coefficient (Wildman–Crippen LogP) is 18.0. The molecule has 2 heteroatoms. The van der Waals surface area contributed by atoms with Crippen molar-refractivity contribution in [1.29, 1.82) is 0 Å². The highest BCUT2D eigenvalue weighted by Gasteiger charge is 2.21. The molecular formula is C66H42N2. The molecule has 2 nitrogen and oxygen atoms in total. The Kier molecular flexibility index (Phi) is 8.62. The van der Waals surface area contributed by atoms with Gasteiger partial charge in [0.05, 0.1) is 22.1 Å². The molecule has 0 N–H and O–H groups in total. The minimum Gasteiger partial charge on any atom is -0.309 e. The number of nitrogens with zero attached hydrogens (tertiary/aromatic N) is 2. The van der Waals surface area contributed by atoms with Crippen LogP contribution in [-0.4, -0.2) is 9.13 Å². The third kappa shape index (κ3) is 5.91. The Morgan fingerprint density at radius 1 is 0.206 bits per heavy atom. The van der Waals surface area contributed by atoms with Gasteiger partial charge in [0.25, 0.3) is 0 Å². The van der Waals surface area contributed by atoms with Gasteiger partial charge in [-0.25, -0.2) is 0 Å². The smallest absolute Gasteiger partial charge is 0.0541 e. The second-order valence-corrected chi connectivity index (χ2v) is 18.0. The fourth-order valence-electron chi connectivity index (χ4n) is 11.3. The number of aromatic nitrogens is 2. The van der Waals surface area contributed by atoms with Gasteiger partial charge in [-0.2, -0.15) is 0 Å². The summed E-state index contributed by atoms with van der Waals surface area (Å²) in [5.41, 5.74) is 16.8. The Morgan fingerprint density at radius 2 is 0.647 bits per heavy atom. The van der Waals surface area contributed by atoms with Gasteiger partial charge < -0.3 is 9.13 Å². The molecular weight excluding hydrogens is 821 g/mol. The molecule has 2 aromatic heterocycles. The van der Waals surface area contributed by atoms with E-state index < -0.39 is 0 Å². The van der Waals surface area contributed by atoms with Crippen LogP contribution in [0.1, 0.15) is 0 Å². The topological polar surface area (TPSA) is 9.86 Å². The van der Waals surface area contributed by atoms with E-state index in [1.165, 1.54) is 120 Å². The highest BCUT2D eigenvalue weighted by atomic mass is 15.0. The summed E-state index contributed by atoms with van der Waals surface area (Å²) < 4.78 is 4.79. The van der Waals surface area contributed by atoms with Crippen LogP contribution in [0.4, 0.5) is 0 Å². The van der Waals surface area contributed by atoms with Crippen molar-refractivity contribution in [1.82, 2.24) is 9.13 Å². The zero-order valence-electron chi connectivity index (χ0n) is 37.1. The highest BCUT2D eigenvalue weighted by molar-refractivity contribution is 6.23. The Morgan fingerprint density at radius 3 is 1.19 bits per heavy atom. The van der Waals surface area contributed by atoms with Crippen molar-refractivity contribution in [2.75, 3.05) is 0 Å². The molecule has 68 heavy (non-hydrogen) atoms. The van der Waals surface area contributed by atoms with Crippen molar-refractivity contribution in [2.45, 2.75) is 0 Å². The Hall–Kier alpha value is -8.98. The first-order valence-electron chi connectivity index (χ1n) is 23.5. The number of hydrogen-bond donors (Lipinski definition) is 0. The normalized spacial score (nSPS) is 11.8. The van der Waals surface area contributed by atoms with Gasteiger partial charge in [0.2, 0.25) is 0 Å². The van der Waals surface area contributed by atoms with Crippen LogP contribution in [0, 0.1) is 0 Å². The van der Waals surface area contributed by atoms with Gasteiger partial charge >= 0.3 is 0 Å². The van der Waals surface area contributed by atoms with Crippen molar-refractivity contribution in [3.05, 3.63) is 255 Å². The van der Waals surface area contributed by atoms with Crippen LogP contribution in [0.15, 0.2) is 255 Å². The van der Waals surface area contributed by atoms with E-state index in [1.807, 2.05) is 0 Å². The molecule has 0 atom stereocenters. The standard InChI is InChI=1S/C66H42N2/c1-4-18-43(19-5-1)47-38-44-20-10-11-25-52(44)61(41-47)66-55-30-16-28-50(45-34-36-64-59(39-45)53-26-12-14-32-62(53)67(64)48-21-6-2-7-22-48)57(55)42-58-51(29-17-31-56(58)66)46-35-37-65-60(40-46)54-27-13-15-33-63(54)68(65)49-23-8-3-9-24-49/h1-42H. The van der Waals surface area contributed by atoms with Crippen molar-refractivity contribution < 1.29 is 0 Å². The van der Waals surface area contributed by atoms with E-state index in [4.69, 9.17) is 0 Å². The quantitative estimate of drug-likeness (QED) is 0.147. The first kappa shape index (κ1) is 38.3. The van der Waals surface area contributed by atoms with E-state index in [9.17, 15) is 0 Å². The summed E-state index contributed by atoms with van der Waals surface area (Å²) in [5, 5.41) is 12.4. The minimum atomic E-state index is 1.16. The lowest BCUT2D eigenvalue weighted by atomic mass is 9.84. The summed E-state index contributed by atoms with van der Waals surface area (Å²) in [5.74, 6) is 0. The Balaban J connectivity index is 1.07. The summed E-state index contributed by atoms with van der Waals surface area (Å²) in [6, 6.07) is 94.0. The lowest BCUT2D eigenvalue weighted by Crippen LogP contribution is -1.94. The summed E-state index contributed by atoms with van der Waals surface area (Å²) in [6.45, 7) is 0. The maximum atomic E-state index is 2.48. The molecule has 14 rings (SSSR count). The van der Waals surface area contributed by atoms with E-state index in [2.05, 4.69) is 264 Å². The second-order valence-electron chi connectivity index (χ2n) is 18.0. The van der Waals surface area contributed by atoms with Crippen LogP contribution in [0.3, 0.4) is 0 Å². The van der Waals surface area contributed by atoms with Crippen LogP contribution in [0.25, 0.3) is 132 Å². The van der Waals surface area contributed by atoms with E-state index in [-0.39, 0.29) is 0 Å². The lowest BCUT2D eigenvalue weighted by molar-refractivity contribution is 1.18. The molecule has 0 aliphatic carbocycles. The van der Waals surface area contributed by atoms with Gasteiger partial charge in [-0.3, -0.25) is 0 Å². The zero-order chi connectivity index (χ0) is 44.7.